The highest BCUT2D eigenvalue weighted by molar-refractivity contribution is 5.35. The van der Waals surface area contributed by atoms with E-state index in [4.69, 9.17) is 4.74 Å². The molecule has 0 heterocycles. The summed E-state index contributed by atoms with van der Waals surface area (Å²) in [6, 6.07) is 7.23. The van der Waals surface area contributed by atoms with Crippen LogP contribution in [0, 0.1) is 13.8 Å². The lowest BCUT2D eigenvalue weighted by Crippen LogP contribution is -2.90. The monoisotopic (exact) mass is 234 g/mol. The Bertz CT molecular complexity index is 356. The molecule has 0 saturated heterocycles. The number of rotatable bonds is 5. The van der Waals surface area contributed by atoms with Gasteiger partial charge < -0.3 is 10.1 Å². The third-order valence-corrected chi connectivity index (χ3v) is 3.61. The molecule has 0 bridgehead atoms. The molecule has 0 spiro atoms. The van der Waals surface area contributed by atoms with Gasteiger partial charge in [-0.1, -0.05) is 17.7 Å². The molecule has 0 unspecified atom stereocenters. The van der Waals surface area contributed by atoms with Crippen LogP contribution in [-0.4, -0.2) is 19.2 Å². The summed E-state index contributed by atoms with van der Waals surface area (Å²) < 4.78 is 5.82. The number of benzene rings is 1. The first-order chi connectivity index (χ1) is 8.25. The fraction of sp³-hybridized carbons (Fsp3) is 0.600. The summed E-state index contributed by atoms with van der Waals surface area (Å²) in [6.07, 6.45) is 5.62. The number of hydrogen-bond acceptors (Lipinski definition) is 1. The van der Waals surface area contributed by atoms with Crippen LogP contribution in [0.25, 0.3) is 0 Å². The van der Waals surface area contributed by atoms with Gasteiger partial charge in [-0.2, -0.15) is 0 Å². The van der Waals surface area contributed by atoms with E-state index >= 15 is 0 Å². The zero-order valence-corrected chi connectivity index (χ0v) is 11.0. The molecule has 0 radical (unpaired) electrons. The van der Waals surface area contributed by atoms with Gasteiger partial charge in [0, 0.05) is 0 Å². The van der Waals surface area contributed by atoms with E-state index in [-0.39, 0.29) is 0 Å². The van der Waals surface area contributed by atoms with Crippen LogP contribution >= 0.6 is 0 Å². The quantitative estimate of drug-likeness (QED) is 0.776. The minimum Gasteiger partial charge on any atom is -0.487 e. The number of ether oxygens (including phenoxy) is 1. The van der Waals surface area contributed by atoms with Crippen molar-refractivity contribution >= 4 is 0 Å². The largest absolute Gasteiger partial charge is 0.487 e. The Morgan fingerprint density at radius 3 is 2.71 bits per heavy atom. The Labute approximate surface area is 104 Å². The van der Waals surface area contributed by atoms with Gasteiger partial charge in [0.2, 0.25) is 0 Å². The van der Waals surface area contributed by atoms with Crippen LogP contribution in [0.2, 0.25) is 0 Å². The van der Waals surface area contributed by atoms with Crippen LogP contribution in [0.3, 0.4) is 0 Å². The van der Waals surface area contributed by atoms with E-state index in [1.165, 1.54) is 36.8 Å². The topological polar surface area (TPSA) is 25.8 Å². The number of quaternary nitrogens is 1. The molecule has 0 atom stereocenters. The summed E-state index contributed by atoms with van der Waals surface area (Å²) in [5, 5.41) is 2.45. The highest BCUT2D eigenvalue weighted by atomic mass is 16.5. The molecule has 2 rings (SSSR count). The number of nitrogens with two attached hydrogens (primary N) is 1. The Hall–Kier alpha value is -1.02. The van der Waals surface area contributed by atoms with E-state index in [1.807, 2.05) is 0 Å². The van der Waals surface area contributed by atoms with Crippen molar-refractivity contribution in [2.45, 2.75) is 45.6 Å². The van der Waals surface area contributed by atoms with Crippen molar-refractivity contribution in [2.24, 2.45) is 0 Å². The highest BCUT2D eigenvalue weighted by Gasteiger charge is 2.16. The zero-order chi connectivity index (χ0) is 12.1. The maximum Gasteiger partial charge on any atom is 0.137 e. The van der Waals surface area contributed by atoms with E-state index in [0.717, 1.165) is 24.9 Å². The van der Waals surface area contributed by atoms with Crippen molar-refractivity contribution in [3.63, 3.8) is 0 Å². The van der Waals surface area contributed by atoms with Gasteiger partial charge >= 0.3 is 0 Å². The summed E-state index contributed by atoms with van der Waals surface area (Å²) in [4.78, 5) is 0. The van der Waals surface area contributed by atoms with Gasteiger partial charge in [-0.15, -0.1) is 0 Å². The number of hydrogen-bond donors (Lipinski definition) is 1. The van der Waals surface area contributed by atoms with Crippen LogP contribution < -0.4 is 10.1 Å². The van der Waals surface area contributed by atoms with Gasteiger partial charge in [-0.3, -0.25) is 0 Å². The Morgan fingerprint density at radius 2 is 2.00 bits per heavy atom. The predicted octanol–water partition coefficient (Wildman–Crippen LogP) is 2.19. The second-order valence-electron chi connectivity index (χ2n) is 5.19. The van der Waals surface area contributed by atoms with Crippen LogP contribution in [0.15, 0.2) is 18.2 Å². The molecule has 0 aromatic heterocycles. The van der Waals surface area contributed by atoms with Crippen molar-refractivity contribution in [2.75, 3.05) is 13.2 Å². The van der Waals surface area contributed by atoms with Gasteiger partial charge in [0.15, 0.2) is 0 Å². The lowest BCUT2D eigenvalue weighted by Gasteiger charge is -2.11. The Balaban J connectivity index is 1.70. The highest BCUT2D eigenvalue weighted by Crippen LogP contribution is 2.18. The smallest absolute Gasteiger partial charge is 0.137 e. The van der Waals surface area contributed by atoms with Crippen molar-refractivity contribution < 1.29 is 10.1 Å². The summed E-state index contributed by atoms with van der Waals surface area (Å²) in [6.45, 7) is 6.13. The molecule has 1 saturated carbocycles. The Kier molecular flexibility index (Phi) is 4.43. The lowest BCUT2D eigenvalue weighted by atomic mass is 10.1. The van der Waals surface area contributed by atoms with Gasteiger partial charge in [0.1, 0.15) is 18.9 Å². The molecule has 1 aliphatic rings. The lowest BCUT2D eigenvalue weighted by molar-refractivity contribution is -0.688. The molecule has 1 aliphatic carbocycles. The van der Waals surface area contributed by atoms with E-state index in [9.17, 15) is 0 Å². The molecular weight excluding hydrogens is 210 g/mol. The first kappa shape index (κ1) is 12.4. The average Bonchev–Trinajstić information content (AvgIpc) is 2.79. The molecule has 2 nitrogen and oxygen atoms in total. The molecular formula is C15H24NO+. The molecule has 17 heavy (non-hydrogen) atoms. The van der Waals surface area contributed by atoms with Crippen LogP contribution in [0.4, 0.5) is 0 Å². The van der Waals surface area contributed by atoms with Gasteiger partial charge in [0.25, 0.3) is 0 Å². The summed E-state index contributed by atoms with van der Waals surface area (Å²) in [5.74, 6) is 1.04. The van der Waals surface area contributed by atoms with Crippen molar-refractivity contribution in [3.05, 3.63) is 29.3 Å². The molecule has 1 aromatic carbocycles. The van der Waals surface area contributed by atoms with E-state index in [2.05, 4.69) is 37.4 Å². The first-order valence-electron chi connectivity index (χ1n) is 6.79. The molecule has 94 valence electrons. The second kappa shape index (κ2) is 6.06. The fourth-order valence-corrected chi connectivity index (χ4v) is 2.63. The molecule has 2 N–H and O–H groups in total. The van der Waals surface area contributed by atoms with Crippen LogP contribution in [-0.2, 0) is 0 Å². The first-order valence-corrected chi connectivity index (χ1v) is 6.79. The maximum absolute atomic E-state index is 5.82. The fourth-order valence-electron chi connectivity index (χ4n) is 2.63. The molecule has 0 amide bonds. The SMILES string of the molecule is Cc1ccc(OCC[NH2+]C2CCCC2)c(C)c1. The molecule has 1 fully saturated rings. The second-order valence-corrected chi connectivity index (χ2v) is 5.19. The molecule has 2 heteroatoms. The minimum atomic E-state index is 0.820. The minimum absolute atomic E-state index is 0.820. The van der Waals surface area contributed by atoms with Gasteiger partial charge in [-0.25, -0.2) is 0 Å². The predicted molar refractivity (Wildman–Crippen MR) is 70.5 cm³/mol. The normalized spacial score (nSPS) is 16.4. The summed E-state index contributed by atoms with van der Waals surface area (Å²) in [5.41, 5.74) is 2.54. The van der Waals surface area contributed by atoms with Crippen LogP contribution in [0.5, 0.6) is 5.75 Å². The molecule has 1 aromatic rings. The summed E-state index contributed by atoms with van der Waals surface area (Å²) in [7, 11) is 0. The van der Waals surface area contributed by atoms with Gasteiger partial charge in [-0.05, 0) is 51.2 Å². The van der Waals surface area contributed by atoms with E-state index < -0.39 is 0 Å². The third-order valence-electron chi connectivity index (χ3n) is 3.61. The maximum atomic E-state index is 5.82. The van der Waals surface area contributed by atoms with Gasteiger partial charge in [0.05, 0.1) is 6.04 Å². The molecule has 0 aliphatic heterocycles. The van der Waals surface area contributed by atoms with E-state index in [0.29, 0.717) is 0 Å². The number of aryl methyl sites for hydroxylation is 2. The third kappa shape index (κ3) is 3.74. The average molecular weight is 234 g/mol. The van der Waals surface area contributed by atoms with Crippen molar-refractivity contribution in [3.8, 4) is 5.75 Å². The Morgan fingerprint density at radius 1 is 1.24 bits per heavy atom. The van der Waals surface area contributed by atoms with Crippen molar-refractivity contribution in [1.82, 2.24) is 0 Å². The summed E-state index contributed by atoms with van der Waals surface area (Å²) >= 11 is 0. The standard InChI is InChI=1S/C15H23NO/c1-12-7-8-15(13(2)11-12)17-10-9-16-14-5-3-4-6-14/h7-8,11,14,16H,3-6,9-10H2,1-2H3/p+1. The van der Waals surface area contributed by atoms with Crippen molar-refractivity contribution in [1.29, 1.82) is 0 Å². The zero-order valence-electron chi connectivity index (χ0n) is 11.0. The van der Waals surface area contributed by atoms with E-state index in [1.54, 1.807) is 0 Å². The van der Waals surface area contributed by atoms with Crippen LogP contribution in [0.1, 0.15) is 36.8 Å².